The summed E-state index contributed by atoms with van der Waals surface area (Å²) in [7, 11) is 3.23. The number of rotatable bonds is 8. The molecule has 3 aromatic rings. The van der Waals surface area contributed by atoms with Crippen molar-refractivity contribution in [1.82, 2.24) is 10.2 Å². The van der Waals surface area contributed by atoms with Gasteiger partial charge >= 0.3 is 0 Å². The maximum Gasteiger partial charge on any atom is 0.235 e. The molecule has 0 fully saturated rings. The van der Waals surface area contributed by atoms with Crippen LogP contribution in [-0.4, -0.2) is 43.5 Å². The quantitative estimate of drug-likeness (QED) is 0.540. The molecular weight excluding hydrogens is 430 g/mol. The molecule has 3 N–H and O–H groups in total. The Morgan fingerprint density at radius 3 is 1.94 bits per heavy atom. The standard InChI is InChI=1S/C27H29N3O4/c1-33-22-11-7-18(8-12-22)26(19-9-13-23(34-2)14-10-19)29-25(31)17-30-16-21-6-4-3-5-20(21)15-24(30)27(28)32/h3-14,24,26H,15-17H2,1-2H3,(H2,28,32)(H,29,31). The van der Waals surface area contributed by atoms with E-state index in [1.165, 1.54) is 0 Å². The normalized spacial score (nSPS) is 15.4. The Morgan fingerprint density at radius 2 is 1.44 bits per heavy atom. The molecule has 4 rings (SSSR count). The lowest BCUT2D eigenvalue weighted by Gasteiger charge is -2.35. The summed E-state index contributed by atoms with van der Waals surface area (Å²) in [5, 5.41) is 3.14. The minimum atomic E-state index is -0.527. The highest BCUT2D eigenvalue weighted by Crippen LogP contribution is 2.27. The van der Waals surface area contributed by atoms with Gasteiger partial charge in [-0.1, -0.05) is 48.5 Å². The number of ether oxygens (including phenoxy) is 2. The topological polar surface area (TPSA) is 93.9 Å². The highest BCUT2D eigenvalue weighted by Gasteiger charge is 2.31. The zero-order chi connectivity index (χ0) is 24.1. The molecule has 0 aromatic heterocycles. The van der Waals surface area contributed by atoms with Crippen molar-refractivity contribution in [3.63, 3.8) is 0 Å². The van der Waals surface area contributed by atoms with E-state index in [4.69, 9.17) is 15.2 Å². The number of primary amides is 1. The maximum atomic E-state index is 13.2. The lowest BCUT2D eigenvalue weighted by molar-refractivity contribution is -0.127. The number of nitrogens with zero attached hydrogens (tertiary/aromatic N) is 1. The third-order valence-electron chi connectivity index (χ3n) is 6.22. The van der Waals surface area contributed by atoms with E-state index in [1.54, 1.807) is 14.2 Å². The van der Waals surface area contributed by atoms with Crippen LogP contribution >= 0.6 is 0 Å². The summed E-state index contributed by atoms with van der Waals surface area (Å²) < 4.78 is 10.6. The van der Waals surface area contributed by atoms with Gasteiger partial charge in [0.25, 0.3) is 0 Å². The summed E-state index contributed by atoms with van der Waals surface area (Å²) in [4.78, 5) is 27.3. The van der Waals surface area contributed by atoms with Crippen LogP contribution in [0.5, 0.6) is 11.5 Å². The molecule has 34 heavy (non-hydrogen) atoms. The number of benzene rings is 3. The molecule has 3 aromatic carbocycles. The fourth-order valence-electron chi connectivity index (χ4n) is 4.37. The number of amides is 2. The van der Waals surface area contributed by atoms with Crippen LogP contribution in [0.3, 0.4) is 0 Å². The first-order chi connectivity index (χ1) is 16.5. The van der Waals surface area contributed by atoms with Gasteiger partial charge < -0.3 is 20.5 Å². The zero-order valence-electron chi connectivity index (χ0n) is 19.4. The summed E-state index contributed by atoms with van der Waals surface area (Å²) >= 11 is 0. The molecule has 1 unspecified atom stereocenters. The molecule has 0 radical (unpaired) electrons. The highest BCUT2D eigenvalue weighted by atomic mass is 16.5. The molecule has 176 valence electrons. The van der Waals surface area contributed by atoms with E-state index >= 15 is 0 Å². The van der Waals surface area contributed by atoms with Crippen molar-refractivity contribution >= 4 is 11.8 Å². The molecule has 0 saturated carbocycles. The van der Waals surface area contributed by atoms with Crippen LogP contribution in [0, 0.1) is 0 Å². The number of fused-ring (bicyclic) bond motifs is 1. The van der Waals surface area contributed by atoms with E-state index in [0.29, 0.717) is 13.0 Å². The third-order valence-corrected chi connectivity index (χ3v) is 6.22. The number of hydrogen-bond donors (Lipinski definition) is 2. The van der Waals surface area contributed by atoms with Crippen molar-refractivity contribution in [2.24, 2.45) is 5.73 Å². The second kappa shape index (κ2) is 10.4. The van der Waals surface area contributed by atoms with Gasteiger partial charge in [-0.15, -0.1) is 0 Å². The van der Waals surface area contributed by atoms with Gasteiger partial charge in [-0.3, -0.25) is 14.5 Å². The fourth-order valence-corrected chi connectivity index (χ4v) is 4.37. The Balaban J connectivity index is 1.56. The van der Waals surface area contributed by atoms with Gasteiger partial charge in [0.1, 0.15) is 11.5 Å². The van der Waals surface area contributed by atoms with Crippen molar-refractivity contribution in [1.29, 1.82) is 0 Å². The molecule has 0 spiro atoms. The second-order valence-electron chi connectivity index (χ2n) is 8.34. The van der Waals surface area contributed by atoms with Gasteiger partial charge in [0, 0.05) is 6.54 Å². The Bertz CT molecular complexity index is 1100. The Kier molecular flexibility index (Phi) is 7.13. The van der Waals surface area contributed by atoms with Crippen LogP contribution in [0.4, 0.5) is 0 Å². The van der Waals surface area contributed by atoms with Crippen LogP contribution in [0.15, 0.2) is 72.8 Å². The first-order valence-electron chi connectivity index (χ1n) is 11.2. The monoisotopic (exact) mass is 459 g/mol. The molecule has 1 atom stereocenters. The van der Waals surface area contributed by atoms with Gasteiger partial charge in [0.05, 0.1) is 32.8 Å². The summed E-state index contributed by atoms with van der Waals surface area (Å²) in [5.74, 6) is 0.853. The van der Waals surface area contributed by atoms with Gasteiger partial charge in [-0.25, -0.2) is 0 Å². The minimum Gasteiger partial charge on any atom is -0.497 e. The predicted octanol–water partition coefficient (Wildman–Crippen LogP) is 2.82. The average Bonchev–Trinajstić information content (AvgIpc) is 2.87. The largest absolute Gasteiger partial charge is 0.497 e. The number of nitrogens with one attached hydrogen (secondary N) is 1. The van der Waals surface area contributed by atoms with Gasteiger partial charge in [0.15, 0.2) is 0 Å². The molecule has 0 saturated heterocycles. The number of carbonyl (C=O) groups is 2. The third kappa shape index (κ3) is 5.21. The molecule has 1 heterocycles. The minimum absolute atomic E-state index is 0.0603. The molecule has 1 aliphatic heterocycles. The first kappa shape index (κ1) is 23.3. The predicted molar refractivity (Wildman–Crippen MR) is 130 cm³/mol. The molecular formula is C27H29N3O4. The van der Waals surface area contributed by atoms with Crippen molar-refractivity contribution in [3.05, 3.63) is 95.1 Å². The number of methoxy groups -OCH3 is 2. The number of hydrogen-bond acceptors (Lipinski definition) is 5. The molecule has 7 heteroatoms. The van der Waals surface area contributed by atoms with Crippen LogP contribution in [0.25, 0.3) is 0 Å². The lowest BCUT2D eigenvalue weighted by Crippen LogP contribution is -2.52. The van der Waals surface area contributed by atoms with Crippen molar-refractivity contribution in [2.75, 3.05) is 20.8 Å². The first-order valence-corrected chi connectivity index (χ1v) is 11.2. The van der Waals surface area contributed by atoms with Crippen molar-refractivity contribution < 1.29 is 19.1 Å². The Hall–Kier alpha value is -3.84. The van der Waals surface area contributed by atoms with Crippen molar-refractivity contribution in [3.8, 4) is 11.5 Å². The van der Waals surface area contributed by atoms with Crippen LogP contribution < -0.4 is 20.5 Å². The molecule has 2 amide bonds. The second-order valence-corrected chi connectivity index (χ2v) is 8.34. The molecule has 0 bridgehead atoms. The highest BCUT2D eigenvalue weighted by molar-refractivity contribution is 5.83. The maximum absolute atomic E-state index is 13.2. The van der Waals surface area contributed by atoms with Crippen LogP contribution in [-0.2, 0) is 22.6 Å². The van der Waals surface area contributed by atoms with Gasteiger partial charge in [-0.2, -0.15) is 0 Å². The number of nitrogens with two attached hydrogens (primary N) is 1. The Labute approximate surface area is 199 Å². The SMILES string of the molecule is COc1ccc(C(NC(=O)CN2Cc3ccccc3CC2C(N)=O)c2ccc(OC)cc2)cc1. The molecule has 7 nitrogen and oxygen atoms in total. The molecule has 1 aliphatic rings. The van der Waals surface area contributed by atoms with Gasteiger partial charge in [0.2, 0.25) is 11.8 Å². The van der Waals surface area contributed by atoms with E-state index in [9.17, 15) is 9.59 Å². The summed E-state index contributed by atoms with van der Waals surface area (Å²) in [6, 6.07) is 22.2. The van der Waals surface area contributed by atoms with E-state index < -0.39 is 11.9 Å². The summed E-state index contributed by atoms with van der Waals surface area (Å²) in [5.41, 5.74) is 9.72. The van der Waals surface area contributed by atoms with Crippen LogP contribution in [0.1, 0.15) is 28.3 Å². The Morgan fingerprint density at radius 1 is 0.912 bits per heavy atom. The lowest BCUT2D eigenvalue weighted by atomic mass is 9.93. The van der Waals surface area contributed by atoms with E-state index in [-0.39, 0.29) is 18.5 Å². The molecule has 0 aliphatic carbocycles. The summed E-state index contributed by atoms with van der Waals surface area (Å²) in [6.45, 7) is 0.553. The zero-order valence-corrected chi connectivity index (χ0v) is 19.4. The summed E-state index contributed by atoms with van der Waals surface area (Å²) in [6.07, 6.45) is 0.499. The van der Waals surface area contributed by atoms with E-state index in [0.717, 1.165) is 33.8 Å². The van der Waals surface area contributed by atoms with Gasteiger partial charge in [-0.05, 0) is 52.9 Å². The van der Waals surface area contributed by atoms with E-state index in [2.05, 4.69) is 5.32 Å². The van der Waals surface area contributed by atoms with Crippen molar-refractivity contribution in [2.45, 2.75) is 25.0 Å². The van der Waals surface area contributed by atoms with E-state index in [1.807, 2.05) is 77.7 Å². The van der Waals surface area contributed by atoms with Crippen LogP contribution in [0.2, 0.25) is 0 Å². The smallest absolute Gasteiger partial charge is 0.235 e. The number of carbonyl (C=O) groups excluding carboxylic acids is 2. The average molecular weight is 460 g/mol. The fraction of sp³-hybridized carbons (Fsp3) is 0.259.